The Morgan fingerprint density at radius 3 is 2.90 bits per heavy atom. The Morgan fingerprint density at radius 1 is 1.35 bits per heavy atom. The number of nitrogens with zero attached hydrogens (tertiary/aromatic N) is 2. The Balaban J connectivity index is 2.01. The lowest BCUT2D eigenvalue weighted by atomic mass is 10.3. The van der Waals surface area contributed by atoms with Crippen molar-refractivity contribution in [2.45, 2.75) is 32.9 Å². The SMILES string of the molecule is CCCn1c(CNCCCS(C)=O)nc2ccccc21. The predicted octanol–water partition coefficient (Wildman–Crippen LogP) is 2.30. The Morgan fingerprint density at radius 2 is 2.15 bits per heavy atom. The van der Waals surface area contributed by atoms with Crippen LogP contribution in [0.3, 0.4) is 0 Å². The molecular formula is C15H23N3OS. The fourth-order valence-corrected chi connectivity index (χ4v) is 2.88. The topological polar surface area (TPSA) is 46.9 Å². The number of aromatic nitrogens is 2. The number of rotatable bonds is 8. The zero-order chi connectivity index (χ0) is 14.4. The molecule has 0 radical (unpaired) electrons. The first-order chi connectivity index (χ1) is 9.72. The van der Waals surface area contributed by atoms with Crippen LogP contribution in [0.2, 0.25) is 0 Å². The monoisotopic (exact) mass is 293 g/mol. The van der Waals surface area contributed by atoms with Crippen LogP contribution in [-0.2, 0) is 23.9 Å². The summed E-state index contributed by atoms with van der Waals surface area (Å²) in [7, 11) is -0.694. The smallest absolute Gasteiger partial charge is 0.123 e. The molecule has 1 aromatic heterocycles. The molecule has 0 saturated heterocycles. The molecule has 4 nitrogen and oxygen atoms in total. The molecule has 0 saturated carbocycles. The largest absolute Gasteiger partial charge is 0.327 e. The molecule has 1 N–H and O–H groups in total. The van der Waals surface area contributed by atoms with Gasteiger partial charge in [0.1, 0.15) is 5.82 Å². The van der Waals surface area contributed by atoms with Gasteiger partial charge in [-0.05, 0) is 31.5 Å². The lowest BCUT2D eigenvalue weighted by molar-refractivity contribution is 0.594. The molecule has 1 heterocycles. The van der Waals surface area contributed by atoms with E-state index in [2.05, 4.69) is 35.0 Å². The second-order valence-electron chi connectivity index (χ2n) is 4.98. The molecule has 1 unspecified atom stereocenters. The maximum absolute atomic E-state index is 11.0. The van der Waals surface area contributed by atoms with Gasteiger partial charge < -0.3 is 9.88 Å². The Kier molecular flexibility index (Phi) is 5.73. The number of nitrogens with one attached hydrogen (secondary N) is 1. The molecule has 1 aromatic carbocycles. The minimum atomic E-state index is -0.694. The van der Waals surface area contributed by atoms with E-state index in [0.717, 1.165) is 49.6 Å². The maximum atomic E-state index is 11.0. The summed E-state index contributed by atoms with van der Waals surface area (Å²) in [4.78, 5) is 4.70. The summed E-state index contributed by atoms with van der Waals surface area (Å²) >= 11 is 0. The number of imidazole rings is 1. The molecule has 0 aliphatic heterocycles. The average molecular weight is 293 g/mol. The number of fused-ring (bicyclic) bond motifs is 1. The van der Waals surface area contributed by atoms with E-state index in [1.165, 1.54) is 5.52 Å². The molecule has 0 amide bonds. The number of para-hydroxylation sites is 2. The van der Waals surface area contributed by atoms with Gasteiger partial charge in [-0.25, -0.2) is 4.98 Å². The molecular weight excluding hydrogens is 270 g/mol. The molecule has 1 atom stereocenters. The van der Waals surface area contributed by atoms with E-state index in [4.69, 9.17) is 4.98 Å². The second-order valence-corrected chi connectivity index (χ2v) is 6.53. The van der Waals surface area contributed by atoms with Crippen LogP contribution in [0, 0.1) is 0 Å². The van der Waals surface area contributed by atoms with Crippen molar-refractivity contribution in [2.75, 3.05) is 18.6 Å². The number of aryl methyl sites for hydroxylation is 1. The average Bonchev–Trinajstić information content (AvgIpc) is 2.77. The van der Waals surface area contributed by atoms with Gasteiger partial charge in [-0.15, -0.1) is 0 Å². The summed E-state index contributed by atoms with van der Waals surface area (Å²) in [5.41, 5.74) is 2.27. The Bertz CT molecular complexity index is 580. The summed E-state index contributed by atoms with van der Waals surface area (Å²) in [6, 6.07) is 8.27. The van der Waals surface area contributed by atoms with Crippen molar-refractivity contribution in [3.63, 3.8) is 0 Å². The first-order valence-corrected chi connectivity index (χ1v) is 8.90. The third kappa shape index (κ3) is 3.90. The van der Waals surface area contributed by atoms with Crippen LogP contribution in [0.4, 0.5) is 0 Å². The van der Waals surface area contributed by atoms with Crippen LogP contribution in [0.5, 0.6) is 0 Å². The van der Waals surface area contributed by atoms with Crippen LogP contribution in [0.1, 0.15) is 25.6 Å². The van der Waals surface area contributed by atoms with Crippen molar-refractivity contribution in [2.24, 2.45) is 0 Å². The molecule has 0 spiro atoms. The van der Waals surface area contributed by atoms with Gasteiger partial charge in [-0.2, -0.15) is 0 Å². The molecule has 0 fully saturated rings. The highest BCUT2D eigenvalue weighted by molar-refractivity contribution is 7.84. The van der Waals surface area contributed by atoms with E-state index >= 15 is 0 Å². The maximum Gasteiger partial charge on any atom is 0.123 e. The number of benzene rings is 1. The first kappa shape index (κ1) is 15.2. The predicted molar refractivity (Wildman–Crippen MR) is 85.3 cm³/mol. The van der Waals surface area contributed by atoms with Gasteiger partial charge >= 0.3 is 0 Å². The molecule has 0 aliphatic carbocycles. The highest BCUT2D eigenvalue weighted by atomic mass is 32.2. The Labute approximate surface area is 123 Å². The highest BCUT2D eigenvalue weighted by Crippen LogP contribution is 2.16. The van der Waals surface area contributed by atoms with Crippen molar-refractivity contribution >= 4 is 21.8 Å². The van der Waals surface area contributed by atoms with E-state index < -0.39 is 10.8 Å². The van der Waals surface area contributed by atoms with E-state index in [1.807, 2.05) is 6.07 Å². The molecule has 110 valence electrons. The molecule has 20 heavy (non-hydrogen) atoms. The third-order valence-corrected chi connectivity index (χ3v) is 4.11. The fraction of sp³-hybridized carbons (Fsp3) is 0.533. The lowest BCUT2D eigenvalue weighted by Crippen LogP contribution is -2.19. The van der Waals surface area contributed by atoms with Crippen LogP contribution in [-0.4, -0.2) is 32.3 Å². The van der Waals surface area contributed by atoms with E-state index in [9.17, 15) is 4.21 Å². The summed E-state index contributed by atoms with van der Waals surface area (Å²) in [5.74, 6) is 1.85. The van der Waals surface area contributed by atoms with E-state index in [-0.39, 0.29) is 0 Å². The van der Waals surface area contributed by atoms with Crippen LogP contribution in [0.15, 0.2) is 24.3 Å². The standard InChI is InChI=1S/C15H23N3OS/c1-3-10-18-14-8-5-4-7-13(14)17-15(18)12-16-9-6-11-20(2)19/h4-5,7-8,16H,3,6,9-12H2,1-2H3. The van der Waals surface area contributed by atoms with Crippen LogP contribution < -0.4 is 5.32 Å². The molecule has 2 rings (SSSR count). The zero-order valence-corrected chi connectivity index (χ0v) is 13.1. The van der Waals surface area contributed by atoms with Crippen LogP contribution >= 0.6 is 0 Å². The lowest BCUT2D eigenvalue weighted by Gasteiger charge is -2.08. The van der Waals surface area contributed by atoms with Crippen molar-refractivity contribution in [3.05, 3.63) is 30.1 Å². The van der Waals surface area contributed by atoms with Gasteiger partial charge in [0, 0.05) is 29.4 Å². The van der Waals surface area contributed by atoms with E-state index in [1.54, 1.807) is 6.26 Å². The van der Waals surface area contributed by atoms with Gasteiger partial charge in [0.15, 0.2) is 0 Å². The van der Waals surface area contributed by atoms with Crippen molar-refractivity contribution < 1.29 is 4.21 Å². The molecule has 2 aromatic rings. The quantitative estimate of drug-likeness (QED) is 0.760. The first-order valence-electron chi connectivity index (χ1n) is 7.17. The summed E-state index contributed by atoms with van der Waals surface area (Å²) in [6.45, 7) is 4.83. The fourth-order valence-electron chi connectivity index (χ4n) is 2.33. The van der Waals surface area contributed by atoms with Crippen molar-refractivity contribution in [1.82, 2.24) is 14.9 Å². The highest BCUT2D eigenvalue weighted by Gasteiger charge is 2.08. The summed E-state index contributed by atoms with van der Waals surface area (Å²) < 4.78 is 13.3. The van der Waals surface area contributed by atoms with Crippen LogP contribution in [0.25, 0.3) is 11.0 Å². The Hall–Kier alpha value is -1.20. The van der Waals surface area contributed by atoms with Gasteiger partial charge in [-0.1, -0.05) is 19.1 Å². The zero-order valence-electron chi connectivity index (χ0n) is 12.3. The molecule has 5 heteroatoms. The molecule has 0 bridgehead atoms. The number of hydrogen-bond acceptors (Lipinski definition) is 3. The minimum absolute atomic E-state index is 0.694. The van der Waals surface area contributed by atoms with Gasteiger partial charge in [0.05, 0.1) is 17.6 Å². The normalized spacial score (nSPS) is 12.9. The summed E-state index contributed by atoms with van der Waals surface area (Å²) in [5, 5.41) is 3.40. The number of hydrogen-bond donors (Lipinski definition) is 1. The minimum Gasteiger partial charge on any atom is -0.327 e. The van der Waals surface area contributed by atoms with Crippen molar-refractivity contribution in [3.8, 4) is 0 Å². The van der Waals surface area contributed by atoms with Gasteiger partial charge in [0.2, 0.25) is 0 Å². The summed E-state index contributed by atoms with van der Waals surface area (Å²) in [6.07, 6.45) is 3.79. The third-order valence-electron chi connectivity index (χ3n) is 3.25. The van der Waals surface area contributed by atoms with Crippen molar-refractivity contribution in [1.29, 1.82) is 0 Å². The van der Waals surface area contributed by atoms with Gasteiger partial charge in [0.25, 0.3) is 0 Å². The van der Waals surface area contributed by atoms with Gasteiger partial charge in [-0.3, -0.25) is 4.21 Å². The van der Waals surface area contributed by atoms with E-state index in [0.29, 0.717) is 0 Å². The molecule has 0 aliphatic rings. The second kappa shape index (κ2) is 7.55.